The molecule has 0 aliphatic carbocycles. The summed E-state index contributed by atoms with van der Waals surface area (Å²) in [6.07, 6.45) is 0.225. The predicted octanol–water partition coefficient (Wildman–Crippen LogP) is 1.82. The molecule has 0 fully saturated rings. The van der Waals surface area contributed by atoms with Crippen LogP contribution in [0.3, 0.4) is 0 Å². The van der Waals surface area contributed by atoms with Crippen LogP contribution in [-0.2, 0) is 11.2 Å². The lowest BCUT2D eigenvalue weighted by Crippen LogP contribution is -2.38. The first kappa shape index (κ1) is 9.66. The van der Waals surface area contributed by atoms with E-state index >= 15 is 0 Å². The number of rotatable bonds is 0. The maximum absolute atomic E-state index is 13.3. The molecule has 1 aliphatic heterocycles. The molecular weight excluding hydrogens is 197 g/mol. The molecule has 0 amide bonds. The number of nitriles is 1. The first-order valence-corrected chi connectivity index (χ1v) is 4.48. The number of nitrogens with zero attached hydrogens (tertiary/aromatic N) is 1. The van der Waals surface area contributed by atoms with Crippen LogP contribution in [0.5, 0.6) is 0 Å². The molecule has 0 radical (unpaired) electrons. The van der Waals surface area contributed by atoms with Gasteiger partial charge in [0, 0.05) is 6.42 Å². The molecule has 2 rings (SSSR count). The van der Waals surface area contributed by atoms with Crippen molar-refractivity contribution in [3.8, 4) is 6.07 Å². The van der Waals surface area contributed by atoms with Crippen molar-refractivity contribution in [1.82, 2.24) is 0 Å². The third-order valence-corrected chi connectivity index (χ3v) is 2.39. The quantitative estimate of drug-likeness (QED) is 0.607. The predicted molar refractivity (Wildman–Crippen MR) is 49.5 cm³/mol. The summed E-state index contributed by atoms with van der Waals surface area (Å²) < 4.78 is 18.2. The van der Waals surface area contributed by atoms with E-state index in [1.807, 2.05) is 6.07 Å². The molecule has 0 N–H and O–H groups in total. The summed E-state index contributed by atoms with van der Waals surface area (Å²) in [4.78, 5) is 11.5. The Morgan fingerprint density at radius 2 is 2.33 bits per heavy atom. The van der Waals surface area contributed by atoms with Crippen LogP contribution in [-0.4, -0.2) is 11.6 Å². The fourth-order valence-electron chi connectivity index (χ4n) is 1.66. The lowest BCUT2D eigenvalue weighted by atomic mass is 9.91. The highest BCUT2D eigenvalue weighted by atomic mass is 19.1. The monoisotopic (exact) mass is 205 g/mol. The van der Waals surface area contributed by atoms with Gasteiger partial charge in [0.2, 0.25) is 0 Å². The molecule has 1 heterocycles. The van der Waals surface area contributed by atoms with Crippen molar-refractivity contribution in [3.05, 3.63) is 35.1 Å². The van der Waals surface area contributed by atoms with Gasteiger partial charge in [-0.15, -0.1) is 0 Å². The summed E-state index contributed by atoms with van der Waals surface area (Å²) in [6.45, 7) is 1.51. The average Bonchev–Trinajstić information content (AvgIpc) is 2.17. The van der Waals surface area contributed by atoms with E-state index in [4.69, 9.17) is 10.00 Å². The maximum atomic E-state index is 13.3. The average molecular weight is 205 g/mol. The largest absolute Gasteiger partial charge is 0.440 e. The Balaban J connectivity index is 2.56. The standard InChI is InChI=1S/C11H8FNO2/c1-11(6-13)5-7-3-2-4-8(12)9(7)10(14)15-11/h2-4H,5H2,1H3. The zero-order valence-corrected chi connectivity index (χ0v) is 8.08. The van der Waals surface area contributed by atoms with E-state index in [9.17, 15) is 9.18 Å². The number of cyclic esters (lactones) is 1. The van der Waals surface area contributed by atoms with E-state index < -0.39 is 17.4 Å². The van der Waals surface area contributed by atoms with Crippen molar-refractivity contribution in [2.75, 3.05) is 0 Å². The Morgan fingerprint density at radius 1 is 1.60 bits per heavy atom. The second-order valence-corrected chi connectivity index (χ2v) is 3.68. The van der Waals surface area contributed by atoms with Crippen molar-refractivity contribution in [2.24, 2.45) is 0 Å². The van der Waals surface area contributed by atoms with Crippen molar-refractivity contribution in [1.29, 1.82) is 5.26 Å². The summed E-state index contributed by atoms with van der Waals surface area (Å²) in [5.74, 6) is -1.36. The molecule has 1 aromatic carbocycles. The van der Waals surface area contributed by atoms with Crippen LogP contribution in [0.2, 0.25) is 0 Å². The third kappa shape index (κ3) is 1.46. The van der Waals surface area contributed by atoms with Crippen molar-refractivity contribution >= 4 is 5.97 Å². The van der Waals surface area contributed by atoms with Crippen LogP contribution in [0.1, 0.15) is 22.8 Å². The summed E-state index contributed by atoms with van der Waals surface area (Å²) in [6, 6.07) is 6.26. The number of hydrogen-bond donors (Lipinski definition) is 0. The molecule has 4 heteroatoms. The van der Waals surface area contributed by atoms with Gasteiger partial charge in [-0.05, 0) is 18.6 Å². The number of ether oxygens (including phenoxy) is 1. The lowest BCUT2D eigenvalue weighted by Gasteiger charge is -2.28. The Morgan fingerprint density at radius 3 is 3.00 bits per heavy atom. The summed E-state index contributed by atoms with van der Waals surface area (Å²) in [7, 11) is 0. The van der Waals surface area contributed by atoms with Gasteiger partial charge in [0.25, 0.3) is 0 Å². The molecule has 0 bridgehead atoms. The summed E-state index contributed by atoms with van der Waals surface area (Å²) >= 11 is 0. The Hall–Kier alpha value is -1.89. The van der Waals surface area contributed by atoms with Gasteiger partial charge in [0.15, 0.2) is 5.60 Å². The van der Waals surface area contributed by atoms with E-state index in [2.05, 4.69) is 0 Å². The van der Waals surface area contributed by atoms with Crippen LogP contribution in [0.15, 0.2) is 18.2 Å². The Bertz CT molecular complexity index is 478. The topological polar surface area (TPSA) is 50.1 Å². The van der Waals surface area contributed by atoms with Crippen molar-refractivity contribution < 1.29 is 13.9 Å². The second-order valence-electron chi connectivity index (χ2n) is 3.68. The smallest absolute Gasteiger partial charge is 0.343 e. The number of benzene rings is 1. The molecule has 0 aromatic heterocycles. The normalized spacial score (nSPS) is 23.9. The van der Waals surface area contributed by atoms with Gasteiger partial charge in [-0.1, -0.05) is 12.1 Å². The van der Waals surface area contributed by atoms with Gasteiger partial charge in [-0.3, -0.25) is 0 Å². The Kier molecular flexibility index (Phi) is 1.97. The third-order valence-electron chi connectivity index (χ3n) is 2.39. The molecule has 1 atom stereocenters. The first-order chi connectivity index (χ1) is 7.06. The van der Waals surface area contributed by atoms with Gasteiger partial charge in [0.05, 0.1) is 5.56 Å². The minimum absolute atomic E-state index is 0.0507. The minimum atomic E-state index is -1.18. The van der Waals surface area contributed by atoms with Gasteiger partial charge in [-0.25, -0.2) is 9.18 Å². The summed E-state index contributed by atoms with van der Waals surface area (Å²) in [5, 5.41) is 8.84. The number of esters is 1. The molecule has 3 nitrogen and oxygen atoms in total. The molecule has 0 saturated heterocycles. The van der Waals surface area contributed by atoms with Gasteiger partial charge < -0.3 is 4.74 Å². The number of halogens is 1. The number of hydrogen-bond acceptors (Lipinski definition) is 3. The van der Waals surface area contributed by atoms with E-state index in [-0.39, 0.29) is 12.0 Å². The fraction of sp³-hybridized carbons (Fsp3) is 0.273. The molecular formula is C11H8FNO2. The highest BCUT2D eigenvalue weighted by molar-refractivity contribution is 5.93. The van der Waals surface area contributed by atoms with E-state index in [0.29, 0.717) is 5.56 Å². The van der Waals surface area contributed by atoms with Crippen LogP contribution in [0.4, 0.5) is 4.39 Å². The highest BCUT2D eigenvalue weighted by Crippen LogP contribution is 2.28. The number of fused-ring (bicyclic) bond motifs is 1. The zero-order valence-electron chi connectivity index (χ0n) is 8.08. The summed E-state index contributed by atoms with van der Waals surface area (Å²) in [5.41, 5.74) is -0.710. The molecule has 0 spiro atoms. The first-order valence-electron chi connectivity index (χ1n) is 4.48. The van der Waals surface area contributed by atoms with Crippen molar-refractivity contribution in [3.63, 3.8) is 0 Å². The SMILES string of the molecule is CC1(C#N)Cc2cccc(F)c2C(=O)O1. The molecule has 15 heavy (non-hydrogen) atoms. The fourth-order valence-corrected chi connectivity index (χ4v) is 1.66. The molecule has 76 valence electrons. The van der Waals surface area contributed by atoms with Crippen LogP contribution >= 0.6 is 0 Å². The molecule has 1 unspecified atom stereocenters. The number of carbonyl (C=O) groups is 1. The Labute approximate surface area is 86.1 Å². The van der Waals surface area contributed by atoms with E-state index in [0.717, 1.165) is 0 Å². The van der Waals surface area contributed by atoms with Crippen molar-refractivity contribution in [2.45, 2.75) is 18.9 Å². The molecule has 1 aromatic rings. The van der Waals surface area contributed by atoms with Crippen LogP contribution in [0, 0.1) is 17.1 Å². The van der Waals surface area contributed by atoms with E-state index in [1.54, 1.807) is 6.07 Å². The molecule has 1 aliphatic rings. The van der Waals surface area contributed by atoms with E-state index in [1.165, 1.54) is 19.1 Å². The zero-order chi connectivity index (χ0) is 11.1. The second kappa shape index (κ2) is 3.06. The van der Waals surface area contributed by atoms with Crippen LogP contribution < -0.4 is 0 Å². The number of carbonyl (C=O) groups excluding carboxylic acids is 1. The maximum Gasteiger partial charge on any atom is 0.343 e. The molecule has 0 saturated carbocycles. The highest BCUT2D eigenvalue weighted by Gasteiger charge is 2.37. The van der Waals surface area contributed by atoms with Gasteiger partial charge >= 0.3 is 5.97 Å². The minimum Gasteiger partial charge on any atom is -0.440 e. The van der Waals surface area contributed by atoms with Gasteiger partial charge in [0.1, 0.15) is 11.9 Å². The lowest BCUT2D eigenvalue weighted by molar-refractivity contribution is 0.00781. The van der Waals surface area contributed by atoms with Crippen LogP contribution in [0.25, 0.3) is 0 Å². The van der Waals surface area contributed by atoms with Gasteiger partial charge in [-0.2, -0.15) is 5.26 Å².